The summed E-state index contributed by atoms with van der Waals surface area (Å²) in [7, 11) is 0. The second-order valence-electron chi connectivity index (χ2n) is 4.91. The summed E-state index contributed by atoms with van der Waals surface area (Å²) in [6.07, 6.45) is 5.12. The lowest BCUT2D eigenvalue weighted by Gasteiger charge is -2.14. The molecule has 0 aromatic heterocycles. The van der Waals surface area contributed by atoms with Crippen molar-refractivity contribution in [2.75, 3.05) is 12.4 Å². The van der Waals surface area contributed by atoms with E-state index in [-0.39, 0.29) is 11.4 Å². The molecule has 1 aliphatic carbocycles. The Labute approximate surface area is 98.2 Å². The van der Waals surface area contributed by atoms with Crippen molar-refractivity contribution >= 4 is 18.6 Å². The van der Waals surface area contributed by atoms with Gasteiger partial charge < -0.3 is 4.74 Å². The molecule has 0 amide bonds. The fraction of sp³-hybridized carbons (Fsp3) is 0.917. The van der Waals surface area contributed by atoms with Crippen LogP contribution in [0.15, 0.2) is 0 Å². The quantitative estimate of drug-likeness (QED) is 0.537. The molecule has 1 fully saturated rings. The molecule has 1 saturated carbocycles. The highest BCUT2D eigenvalue weighted by Crippen LogP contribution is 2.49. The van der Waals surface area contributed by atoms with E-state index in [9.17, 15) is 4.79 Å². The predicted molar refractivity (Wildman–Crippen MR) is 65.2 cm³/mol. The SMILES string of the molecule is CCCC(C)COC(=O)CC1(CS)CC1. The Hall–Kier alpha value is -0.180. The molecule has 0 aromatic rings. The van der Waals surface area contributed by atoms with Crippen molar-refractivity contribution in [3.8, 4) is 0 Å². The first-order chi connectivity index (χ1) is 7.12. The summed E-state index contributed by atoms with van der Waals surface area (Å²) < 4.78 is 5.26. The molecule has 0 aromatic carbocycles. The molecule has 0 saturated heterocycles. The normalized spacial score (nSPS) is 19.7. The average Bonchev–Trinajstić information content (AvgIpc) is 2.96. The largest absolute Gasteiger partial charge is 0.465 e. The lowest BCUT2D eigenvalue weighted by atomic mass is 10.1. The van der Waals surface area contributed by atoms with E-state index < -0.39 is 0 Å². The Balaban J connectivity index is 2.13. The number of ether oxygens (including phenoxy) is 1. The van der Waals surface area contributed by atoms with Crippen LogP contribution in [0.4, 0.5) is 0 Å². The molecule has 0 spiro atoms. The van der Waals surface area contributed by atoms with Crippen molar-refractivity contribution in [2.45, 2.75) is 46.0 Å². The molecule has 3 heteroatoms. The zero-order valence-corrected chi connectivity index (χ0v) is 10.7. The van der Waals surface area contributed by atoms with E-state index in [0.717, 1.165) is 31.4 Å². The fourth-order valence-electron chi connectivity index (χ4n) is 1.74. The number of hydrogen-bond donors (Lipinski definition) is 1. The van der Waals surface area contributed by atoms with Gasteiger partial charge in [0.2, 0.25) is 0 Å². The molecule has 1 atom stereocenters. The lowest BCUT2D eigenvalue weighted by Crippen LogP contribution is -2.16. The number of rotatable bonds is 7. The van der Waals surface area contributed by atoms with Gasteiger partial charge in [-0.2, -0.15) is 12.6 Å². The molecule has 0 aliphatic heterocycles. The van der Waals surface area contributed by atoms with Crippen LogP contribution in [0, 0.1) is 11.3 Å². The smallest absolute Gasteiger partial charge is 0.306 e. The number of hydrogen-bond acceptors (Lipinski definition) is 3. The molecule has 1 aliphatic rings. The van der Waals surface area contributed by atoms with Crippen LogP contribution in [0.2, 0.25) is 0 Å². The third kappa shape index (κ3) is 4.45. The number of carbonyl (C=O) groups is 1. The second-order valence-corrected chi connectivity index (χ2v) is 5.23. The van der Waals surface area contributed by atoms with Crippen molar-refractivity contribution in [3.63, 3.8) is 0 Å². The predicted octanol–water partition coefficient (Wildman–Crippen LogP) is 3.07. The Morgan fingerprint density at radius 1 is 1.53 bits per heavy atom. The van der Waals surface area contributed by atoms with Gasteiger partial charge in [-0.3, -0.25) is 4.79 Å². The van der Waals surface area contributed by atoms with E-state index >= 15 is 0 Å². The first kappa shape index (κ1) is 12.9. The van der Waals surface area contributed by atoms with Crippen molar-refractivity contribution < 1.29 is 9.53 Å². The first-order valence-corrected chi connectivity index (χ1v) is 6.51. The molecule has 1 rings (SSSR count). The van der Waals surface area contributed by atoms with Gasteiger partial charge in [0.1, 0.15) is 0 Å². The van der Waals surface area contributed by atoms with Gasteiger partial charge in [0, 0.05) is 0 Å². The average molecular weight is 230 g/mol. The highest BCUT2D eigenvalue weighted by molar-refractivity contribution is 7.80. The van der Waals surface area contributed by atoms with Crippen LogP contribution in [0.3, 0.4) is 0 Å². The van der Waals surface area contributed by atoms with Crippen LogP contribution in [0.1, 0.15) is 46.0 Å². The summed E-state index contributed by atoms with van der Waals surface area (Å²) in [5, 5.41) is 0. The van der Waals surface area contributed by atoms with Crippen LogP contribution in [0.25, 0.3) is 0 Å². The van der Waals surface area contributed by atoms with Gasteiger partial charge in [-0.1, -0.05) is 20.3 Å². The summed E-state index contributed by atoms with van der Waals surface area (Å²) in [5.74, 6) is 1.27. The van der Waals surface area contributed by atoms with Crippen molar-refractivity contribution in [1.82, 2.24) is 0 Å². The van der Waals surface area contributed by atoms with E-state index in [1.807, 2.05) is 0 Å². The van der Waals surface area contributed by atoms with Crippen LogP contribution in [0.5, 0.6) is 0 Å². The Bertz CT molecular complexity index is 212. The minimum atomic E-state index is -0.0375. The van der Waals surface area contributed by atoms with Gasteiger partial charge in [-0.15, -0.1) is 0 Å². The lowest BCUT2D eigenvalue weighted by molar-refractivity contribution is -0.146. The Morgan fingerprint density at radius 2 is 2.20 bits per heavy atom. The molecular formula is C12H22O2S. The molecule has 0 N–H and O–H groups in total. The summed E-state index contributed by atoms with van der Waals surface area (Å²) >= 11 is 4.27. The molecule has 2 nitrogen and oxygen atoms in total. The van der Waals surface area contributed by atoms with Gasteiger partial charge in [0.05, 0.1) is 13.0 Å². The highest BCUT2D eigenvalue weighted by atomic mass is 32.1. The van der Waals surface area contributed by atoms with Gasteiger partial charge in [-0.25, -0.2) is 0 Å². The summed E-state index contributed by atoms with van der Waals surface area (Å²) in [4.78, 5) is 11.5. The third-order valence-corrected chi connectivity index (χ3v) is 3.79. The number of esters is 1. The molecule has 0 heterocycles. The molecule has 0 bridgehead atoms. The summed E-state index contributed by atoms with van der Waals surface area (Å²) in [5.41, 5.74) is 0.189. The van der Waals surface area contributed by atoms with Gasteiger partial charge in [0.25, 0.3) is 0 Å². The Kier molecular flexibility index (Phi) is 4.97. The van der Waals surface area contributed by atoms with E-state index in [2.05, 4.69) is 26.5 Å². The van der Waals surface area contributed by atoms with Crippen LogP contribution in [-0.2, 0) is 9.53 Å². The second kappa shape index (κ2) is 5.78. The van der Waals surface area contributed by atoms with E-state index in [0.29, 0.717) is 18.9 Å². The topological polar surface area (TPSA) is 26.3 Å². The minimum absolute atomic E-state index is 0.0375. The maximum absolute atomic E-state index is 11.5. The van der Waals surface area contributed by atoms with E-state index in [1.54, 1.807) is 0 Å². The van der Waals surface area contributed by atoms with Crippen molar-refractivity contribution in [2.24, 2.45) is 11.3 Å². The first-order valence-electron chi connectivity index (χ1n) is 5.88. The van der Waals surface area contributed by atoms with Gasteiger partial charge in [-0.05, 0) is 36.3 Å². The minimum Gasteiger partial charge on any atom is -0.465 e. The number of carbonyl (C=O) groups excluding carboxylic acids is 1. The van der Waals surface area contributed by atoms with Crippen LogP contribution < -0.4 is 0 Å². The summed E-state index contributed by atoms with van der Waals surface area (Å²) in [6, 6.07) is 0. The summed E-state index contributed by atoms with van der Waals surface area (Å²) in [6.45, 7) is 4.86. The molecular weight excluding hydrogens is 208 g/mol. The van der Waals surface area contributed by atoms with Crippen LogP contribution in [-0.4, -0.2) is 18.3 Å². The molecule has 0 radical (unpaired) electrons. The highest BCUT2D eigenvalue weighted by Gasteiger charge is 2.43. The zero-order valence-electron chi connectivity index (χ0n) is 9.79. The van der Waals surface area contributed by atoms with Crippen molar-refractivity contribution in [1.29, 1.82) is 0 Å². The third-order valence-electron chi connectivity index (χ3n) is 3.12. The molecule has 88 valence electrons. The fourth-order valence-corrected chi connectivity index (χ4v) is 2.16. The zero-order chi connectivity index (χ0) is 11.3. The van der Waals surface area contributed by atoms with Crippen molar-refractivity contribution in [3.05, 3.63) is 0 Å². The maximum Gasteiger partial charge on any atom is 0.306 e. The standard InChI is InChI=1S/C12H22O2S/c1-3-4-10(2)8-14-11(13)7-12(9-15)5-6-12/h10,15H,3-9H2,1-2H3. The van der Waals surface area contributed by atoms with E-state index in [1.165, 1.54) is 0 Å². The Morgan fingerprint density at radius 3 is 2.67 bits per heavy atom. The van der Waals surface area contributed by atoms with Crippen LogP contribution >= 0.6 is 12.6 Å². The van der Waals surface area contributed by atoms with Gasteiger partial charge >= 0.3 is 5.97 Å². The maximum atomic E-state index is 11.5. The van der Waals surface area contributed by atoms with E-state index in [4.69, 9.17) is 4.74 Å². The molecule has 1 unspecified atom stereocenters. The monoisotopic (exact) mass is 230 g/mol. The number of thiol groups is 1. The van der Waals surface area contributed by atoms with Gasteiger partial charge in [0.15, 0.2) is 0 Å². The molecule has 15 heavy (non-hydrogen) atoms.